The zero-order chi connectivity index (χ0) is 30.8. The van der Waals surface area contributed by atoms with Crippen molar-refractivity contribution in [1.82, 2.24) is 19.7 Å². The van der Waals surface area contributed by atoms with Crippen LogP contribution in [-0.4, -0.2) is 62.1 Å². The van der Waals surface area contributed by atoms with Gasteiger partial charge in [-0.2, -0.15) is 9.78 Å². The number of carboxylic acid groups (broad SMARTS) is 1. The third kappa shape index (κ3) is 6.21. The van der Waals surface area contributed by atoms with Crippen LogP contribution in [0.2, 0.25) is 0 Å². The normalized spacial score (nSPS) is 20.2. The highest BCUT2D eigenvalue weighted by Gasteiger charge is 2.31. The summed E-state index contributed by atoms with van der Waals surface area (Å²) in [6, 6.07) is 18.9. The molecule has 0 spiro atoms. The molecule has 44 heavy (non-hydrogen) atoms. The summed E-state index contributed by atoms with van der Waals surface area (Å²) in [7, 11) is 0. The summed E-state index contributed by atoms with van der Waals surface area (Å²) in [5.74, 6) is 0.269. The molecule has 0 aliphatic carbocycles. The van der Waals surface area contributed by atoms with Crippen LogP contribution in [-0.2, 0) is 24.3 Å². The Balaban J connectivity index is 1.20. The summed E-state index contributed by atoms with van der Waals surface area (Å²) in [6.45, 7) is 11.0. The van der Waals surface area contributed by atoms with Crippen LogP contribution in [0.5, 0.6) is 11.6 Å². The van der Waals surface area contributed by atoms with E-state index in [0.717, 1.165) is 54.8 Å². The Hall–Kier alpha value is -4.21. The van der Waals surface area contributed by atoms with Gasteiger partial charge >= 0.3 is 5.97 Å². The van der Waals surface area contributed by atoms with Gasteiger partial charge in [-0.05, 0) is 87.4 Å². The molecular formula is C35H40N4O5. The highest BCUT2D eigenvalue weighted by molar-refractivity contribution is 5.90. The van der Waals surface area contributed by atoms with Gasteiger partial charge in [0.25, 0.3) is 0 Å². The number of fused-ring (bicyclic) bond motifs is 1. The lowest BCUT2D eigenvalue weighted by molar-refractivity contribution is -0.0674. The van der Waals surface area contributed by atoms with Crippen molar-refractivity contribution in [2.24, 2.45) is 0 Å². The molecule has 1 fully saturated rings. The number of benzene rings is 2. The molecule has 6 rings (SSSR count). The van der Waals surface area contributed by atoms with Gasteiger partial charge in [0.15, 0.2) is 5.82 Å². The molecule has 4 aromatic rings. The summed E-state index contributed by atoms with van der Waals surface area (Å²) in [5, 5.41) is 13.8. The molecule has 0 bridgehead atoms. The summed E-state index contributed by atoms with van der Waals surface area (Å²) < 4.78 is 19.5. The number of hydrogen-bond acceptors (Lipinski definition) is 7. The number of aromatic nitrogens is 3. The van der Waals surface area contributed by atoms with E-state index in [4.69, 9.17) is 19.2 Å². The summed E-state index contributed by atoms with van der Waals surface area (Å²) in [6.07, 6.45) is 5.15. The molecule has 1 saturated heterocycles. The van der Waals surface area contributed by atoms with Gasteiger partial charge in [0, 0.05) is 24.7 Å². The molecule has 1 N–H and O–H groups in total. The van der Waals surface area contributed by atoms with Crippen molar-refractivity contribution in [2.75, 3.05) is 13.2 Å². The van der Waals surface area contributed by atoms with Gasteiger partial charge in [0.05, 0.1) is 30.7 Å². The number of para-hydroxylation sites is 1. The average molecular weight is 597 g/mol. The highest BCUT2D eigenvalue weighted by Crippen LogP contribution is 2.34. The maximum absolute atomic E-state index is 11.7. The van der Waals surface area contributed by atoms with E-state index in [0.29, 0.717) is 43.0 Å². The Morgan fingerprint density at radius 1 is 1.05 bits per heavy atom. The van der Waals surface area contributed by atoms with Crippen molar-refractivity contribution in [2.45, 2.75) is 78.4 Å². The second-order valence-electron chi connectivity index (χ2n) is 11.8. The van der Waals surface area contributed by atoms with Gasteiger partial charge in [-0.15, -0.1) is 0 Å². The van der Waals surface area contributed by atoms with E-state index < -0.39 is 5.97 Å². The Bertz CT molecular complexity index is 1640. The number of nitrogens with zero attached hydrogens (tertiary/aromatic N) is 4. The van der Waals surface area contributed by atoms with E-state index >= 15 is 0 Å². The van der Waals surface area contributed by atoms with Crippen molar-refractivity contribution in [1.29, 1.82) is 0 Å². The largest absolute Gasteiger partial charge is 0.488 e. The first-order valence-corrected chi connectivity index (χ1v) is 15.4. The summed E-state index contributed by atoms with van der Waals surface area (Å²) in [4.78, 5) is 19.2. The van der Waals surface area contributed by atoms with Crippen LogP contribution in [0.3, 0.4) is 0 Å². The molecule has 2 aromatic carbocycles. The molecule has 2 atom stereocenters. The van der Waals surface area contributed by atoms with E-state index in [1.54, 1.807) is 13.0 Å². The summed E-state index contributed by atoms with van der Waals surface area (Å²) in [5.41, 5.74) is 6.48. The highest BCUT2D eigenvalue weighted by atomic mass is 16.5. The SMILES string of the molecule is CCOc1c(C(=O)O)cnn1-c1cccc(-c2cccc(C)c2OCc2ccc3c(c2)CCN(C2CC(C)OC(C)C2)C3)n1. The standard InChI is InChI=1S/C35H40N4O5/c1-5-42-34-30(35(40)41)19-36-39(34)32-11-7-10-31(37-32)29-9-6-8-22(2)33(29)43-21-25-12-13-27-20-38(15-14-26(27)18-25)28-16-23(3)44-24(4)17-28/h6-13,18-19,23-24,28H,5,14-17,20-21H2,1-4H3,(H,40,41). The fourth-order valence-electron chi connectivity index (χ4n) is 6.51. The molecule has 2 aliphatic heterocycles. The lowest BCUT2D eigenvalue weighted by atomic mass is 9.92. The fourth-order valence-corrected chi connectivity index (χ4v) is 6.51. The van der Waals surface area contributed by atoms with Gasteiger partial charge in [-0.3, -0.25) is 4.90 Å². The van der Waals surface area contributed by atoms with Crippen LogP contribution in [0, 0.1) is 6.92 Å². The maximum atomic E-state index is 11.7. The number of aryl methyl sites for hydroxylation is 1. The third-order valence-corrected chi connectivity index (χ3v) is 8.56. The second-order valence-corrected chi connectivity index (χ2v) is 11.8. The quantitative estimate of drug-likeness (QED) is 0.243. The predicted molar refractivity (Wildman–Crippen MR) is 168 cm³/mol. The number of ether oxygens (including phenoxy) is 3. The first kappa shape index (κ1) is 29.8. The first-order chi connectivity index (χ1) is 21.3. The maximum Gasteiger partial charge on any atom is 0.342 e. The lowest BCUT2D eigenvalue weighted by Crippen LogP contribution is -2.46. The van der Waals surface area contributed by atoms with E-state index in [9.17, 15) is 9.90 Å². The van der Waals surface area contributed by atoms with Crippen molar-refractivity contribution in [3.05, 3.63) is 88.6 Å². The lowest BCUT2D eigenvalue weighted by Gasteiger charge is -2.41. The predicted octanol–water partition coefficient (Wildman–Crippen LogP) is 6.23. The fraction of sp³-hybridized carbons (Fsp3) is 0.400. The van der Waals surface area contributed by atoms with E-state index in [-0.39, 0.29) is 11.4 Å². The third-order valence-electron chi connectivity index (χ3n) is 8.56. The van der Waals surface area contributed by atoms with Crippen LogP contribution in [0.25, 0.3) is 17.1 Å². The molecule has 0 radical (unpaired) electrons. The monoisotopic (exact) mass is 596 g/mol. The minimum absolute atomic E-state index is 0.0100. The molecule has 4 heterocycles. The zero-order valence-corrected chi connectivity index (χ0v) is 25.8. The number of pyridine rings is 1. The van der Waals surface area contributed by atoms with Crippen LogP contribution in [0.4, 0.5) is 0 Å². The van der Waals surface area contributed by atoms with Gasteiger partial charge in [0.1, 0.15) is 17.9 Å². The molecule has 2 aliphatic rings. The number of carbonyl (C=O) groups is 1. The Morgan fingerprint density at radius 3 is 2.61 bits per heavy atom. The topological polar surface area (TPSA) is 98.9 Å². The molecule has 230 valence electrons. The van der Waals surface area contributed by atoms with E-state index in [1.165, 1.54) is 22.0 Å². The van der Waals surface area contributed by atoms with E-state index in [1.807, 2.05) is 37.3 Å². The van der Waals surface area contributed by atoms with E-state index in [2.05, 4.69) is 42.0 Å². The number of rotatable bonds is 9. The van der Waals surface area contributed by atoms with Crippen molar-refractivity contribution < 1.29 is 24.1 Å². The molecule has 9 nitrogen and oxygen atoms in total. The smallest absolute Gasteiger partial charge is 0.342 e. The minimum atomic E-state index is -1.10. The van der Waals surface area contributed by atoms with Gasteiger partial charge in [-0.25, -0.2) is 9.78 Å². The Labute approximate surface area is 258 Å². The van der Waals surface area contributed by atoms with Crippen LogP contribution >= 0.6 is 0 Å². The Kier molecular flexibility index (Phi) is 8.68. The molecule has 0 amide bonds. The van der Waals surface area contributed by atoms with Crippen molar-refractivity contribution >= 4 is 5.97 Å². The van der Waals surface area contributed by atoms with Gasteiger partial charge in [0.2, 0.25) is 5.88 Å². The van der Waals surface area contributed by atoms with Gasteiger partial charge < -0.3 is 19.3 Å². The molecule has 0 saturated carbocycles. The minimum Gasteiger partial charge on any atom is -0.488 e. The molecular weight excluding hydrogens is 556 g/mol. The number of carboxylic acids is 1. The van der Waals surface area contributed by atoms with Gasteiger partial charge in [-0.1, -0.05) is 36.4 Å². The molecule has 2 unspecified atom stereocenters. The Morgan fingerprint density at radius 2 is 1.84 bits per heavy atom. The second kappa shape index (κ2) is 12.8. The van der Waals surface area contributed by atoms with Crippen LogP contribution in [0.15, 0.2) is 60.8 Å². The zero-order valence-electron chi connectivity index (χ0n) is 25.8. The van der Waals surface area contributed by atoms with Crippen molar-refractivity contribution in [3.8, 4) is 28.7 Å². The van der Waals surface area contributed by atoms with Crippen molar-refractivity contribution in [3.63, 3.8) is 0 Å². The van der Waals surface area contributed by atoms with Crippen LogP contribution < -0.4 is 9.47 Å². The van der Waals surface area contributed by atoms with Crippen LogP contribution in [0.1, 0.15) is 66.2 Å². The average Bonchev–Trinajstić information content (AvgIpc) is 3.44. The molecule has 2 aromatic heterocycles. The number of aromatic carboxylic acids is 1. The first-order valence-electron chi connectivity index (χ1n) is 15.4. The summed E-state index contributed by atoms with van der Waals surface area (Å²) >= 11 is 0. The molecule has 9 heteroatoms. The number of hydrogen-bond donors (Lipinski definition) is 1.